The van der Waals surface area contributed by atoms with Crippen molar-refractivity contribution in [2.45, 2.75) is 19.9 Å². The van der Waals surface area contributed by atoms with Crippen LogP contribution in [0.1, 0.15) is 13.3 Å². The number of nitrogens with zero attached hydrogens (tertiary/aromatic N) is 2. The molecule has 0 saturated heterocycles. The molecule has 0 bridgehead atoms. The summed E-state index contributed by atoms with van der Waals surface area (Å²) in [5.74, 6) is -0.852. The van der Waals surface area contributed by atoms with Crippen molar-refractivity contribution in [2.24, 2.45) is 0 Å². The van der Waals surface area contributed by atoms with Gasteiger partial charge in [0.15, 0.2) is 0 Å². The first-order chi connectivity index (χ1) is 6.63. The molecule has 0 atom stereocenters. The number of aromatic nitrogens is 2. The zero-order valence-corrected chi connectivity index (χ0v) is 9.93. The third-order valence-electron chi connectivity index (χ3n) is 1.78. The van der Waals surface area contributed by atoms with Gasteiger partial charge in [0, 0.05) is 11.8 Å². The zero-order valence-electron chi connectivity index (χ0n) is 7.77. The number of carboxylic acids is 1. The molecular formula is C9H11IN2O2. The van der Waals surface area contributed by atoms with Crippen molar-refractivity contribution in [1.29, 1.82) is 0 Å². The molecule has 76 valence electrons. The standard InChI is InChI=1S/C9H11IN2O2/c1-2-7(9(13)14)3-4-12-6-8(10)5-11-12/h3,5-6H,2,4H2,1H3,(H,13,14). The van der Waals surface area contributed by atoms with Gasteiger partial charge in [-0.25, -0.2) is 4.79 Å². The lowest BCUT2D eigenvalue weighted by molar-refractivity contribution is -0.132. The smallest absolute Gasteiger partial charge is 0.331 e. The molecule has 1 rings (SSSR count). The highest BCUT2D eigenvalue weighted by Crippen LogP contribution is 2.04. The van der Waals surface area contributed by atoms with E-state index in [9.17, 15) is 4.79 Å². The lowest BCUT2D eigenvalue weighted by atomic mass is 10.2. The second-order valence-corrected chi connectivity index (χ2v) is 4.01. The average molecular weight is 306 g/mol. The second-order valence-electron chi connectivity index (χ2n) is 2.77. The Kier molecular flexibility index (Phi) is 4.12. The highest BCUT2D eigenvalue weighted by Gasteiger charge is 2.03. The van der Waals surface area contributed by atoms with Crippen LogP contribution in [0.25, 0.3) is 0 Å². The van der Waals surface area contributed by atoms with Crippen molar-refractivity contribution in [1.82, 2.24) is 9.78 Å². The van der Waals surface area contributed by atoms with Crippen molar-refractivity contribution >= 4 is 28.6 Å². The van der Waals surface area contributed by atoms with Crippen LogP contribution >= 0.6 is 22.6 Å². The van der Waals surface area contributed by atoms with Crippen LogP contribution in [0, 0.1) is 3.57 Å². The monoisotopic (exact) mass is 306 g/mol. The van der Waals surface area contributed by atoms with E-state index in [-0.39, 0.29) is 0 Å². The summed E-state index contributed by atoms with van der Waals surface area (Å²) in [6.45, 7) is 2.34. The third kappa shape index (κ3) is 3.13. The van der Waals surface area contributed by atoms with Crippen molar-refractivity contribution in [3.8, 4) is 0 Å². The van der Waals surface area contributed by atoms with Gasteiger partial charge in [0.1, 0.15) is 0 Å². The van der Waals surface area contributed by atoms with Crippen LogP contribution in [0.5, 0.6) is 0 Å². The van der Waals surface area contributed by atoms with Gasteiger partial charge < -0.3 is 5.11 Å². The van der Waals surface area contributed by atoms with Crippen LogP contribution in [0.15, 0.2) is 24.0 Å². The summed E-state index contributed by atoms with van der Waals surface area (Å²) in [4.78, 5) is 10.7. The Morgan fingerprint density at radius 3 is 2.93 bits per heavy atom. The fourth-order valence-corrected chi connectivity index (χ4v) is 1.47. The molecule has 5 heteroatoms. The number of allylic oxidation sites excluding steroid dienone is 1. The van der Waals surface area contributed by atoms with Gasteiger partial charge in [-0.3, -0.25) is 4.68 Å². The van der Waals surface area contributed by atoms with Crippen LogP contribution in [0.3, 0.4) is 0 Å². The topological polar surface area (TPSA) is 55.1 Å². The zero-order chi connectivity index (χ0) is 10.6. The Morgan fingerprint density at radius 1 is 1.79 bits per heavy atom. The predicted molar refractivity (Wildman–Crippen MR) is 61.0 cm³/mol. The van der Waals surface area contributed by atoms with Crippen LogP contribution in [-0.4, -0.2) is 20.9 Å². The van der Waals surface area contributed by atoms with Crippen LogP contribution in [-0.2, 0) is 11.3 Å². The Labute approximate surface area is 95.8 Å². The third-order valence-corrected chi connectivity index (χ3v) is 2.34. The molecule has 0 aliphatic heterocycles. The minimum absolute atomic E-state index is 0.426. The lowest BCUT2D eigenvalue weighted by Gasteiger charge is -1.98. The van der Waals surface area contributed by atoms with Crippen LogP contribution in [0.4, 0.5) is 0 Å². The fraction of sp³-hybridized carbons (Fsp3) is 0.333. The molecule has 0 spiro atoms. The van der Waals surface area contributed by atoms with Crippen LogP contribution < -0.4 is 0 Å². The molecule has 1 heterocycles. The minimum atomic E-state index is -0.852. The van der Waals surface area contributed by atoms with E-state index < -0.39 is 5.97 Å². The average Bonchev–Trinajstić information content (AvgIpc) is 2.52. The van der Waals surface area contributed by atoms with Gasteiger partial charge in [0.2, 0.25) is 0 Å². The summed E-state index contributed by atoms with van der Waals surface area (Å²) in [6, 6.07) is 0. The molecule has 0 radical (unpaired) electrons. The van der Waals surface area contributed by atoms with Crippen molar-refractivity contribution < 1.29 is 9.90 Å². The molecule has 0 aliphatic carbocycles. The van der Waals surface area contributed by atoms with Gasteiger partial charge in [0.25, 0.3) is 0 Å². The van der Waals surface area contributed by atoms with Crippen molar-refractivity contribution in [2.75, 3.05) is 0 Å². The molecule has 0 unspecified atom stereocenters. The van der Waals surface area contributed by atoms with E-state index >= 15 is 0 Å². The van der Waals surface area contributed by atoms with E-state index in [1.165, 1.54) is 0 Å². The molecule has 0 saturated carbocycles. The van der Waals surface area contributed by atoms with Gasteiger partial charge in [0.05, 0.1) is 16.3 Å². The minimum Gasteiger partial charge on any atom is -0.478 e. The van der Waals surface area contributed by atoms with Gasteiger partial charge in [-0.15, -0.1) is 0 Å². The highest BCUT2D eigenvalue weighted by molar-refractivity contribution is 14.1. The van der Waals surface area contributed by atoms with Crippen molar-refractivity contribution in [3.05, 3.63) is 27.6 Å². The molecule has 1 N–H and O–H groups in total. The van der Waals surface area contributed by atoms with Gasteiger partial charge in [-0.2, -0.15) is 5.10 Å². The molecule has 0 aromatic carbocycles. The summed E-state index contributed by atoms with van der Waals surface area (Å²) < 4.78 is 2.75. The summed E-state index contributed by atoms with van der Waals surface area (Å²) >= 11 is 2.16. The van der Waals surface area contributed by atoms with Gasteiger partial charge >= 0.3 is 5.97 Å². The highest BCUT2D eigenvalue weighted by atomic mass is 127. The fourth-order valence-electron chi connectivity index (χ4n) is 1.02. The molecule has 0 aliphatic rings. The number of hydrogen-bond donors (Lipinski definition) is 1. The van der Waals surface area contributed by atoms with E-state index in [0.29, 0.717) is 18.5 Å². The molecule has 0 amide bonds. The van der Waals surface area contributed by atoms with Gasteiger partial charge in [-0.1, -0.05) is 13.0 Å². The quantitative estimate of drug-likeness (QED) is 0.683. The Morgan fingerprint density at radius 2 is 2.50 bits per heavy atom. The summed E-state index contributed by atoms with van der Waals surface area (Å²) in [7, 11) is 0. The molecule has 1 aromatic rings. The summed E-state index contributed by atoms with van der Waals surface area (Å²) in [6.07, 6.45) is 5.83. The first kappa shape index (κ1) is 11.2. The van der Waals surface area contributed by atoms with E-state index in [4.69, 9.17) is 5.11 Å². The molecule has 1 aromatic heterocycles. The number of carbonyl (C=O) groups is 1. The largest absolute Gasteiger partial charge is 0.478 e. The van der Waals surface area contributed by atoms with E-state index in [1.807, 2.05) is 13.1 Å². The van der Waals surface area contributed by atoms with Crippen LogP contribution in [0.2, 0.25) is 0 Å². The maximum Gasteiger partial charge on any atom is 0.331 e. The molecular weight excluding hydrogens is 295 g/mol. The lowest BCUT2D eigenvalue weighted by Crippen LogP contribution is -2.02. The Hall–Kier alpha value is -0.850. The normalized spacial score (nSPS) is 11.7. The van der Waals surface area contributed by atoms with Crippen molar-refractivity contribution in [3.63, 3.8) is 0 Å². The Balaban J connectivity index is 2.65. The number of carboxylic acid groups (broad SMARTS) is 1. The predicted octanol–water partition coefficient (Wildman–Crippen LogP) is 1.91. The number of rotatable bonds is 4. The first-order valence-electron chi connectivity index (χ1n) is 4.23. The second kappa shape index (κ2) is 5.14. The maximum atomic E-state index is 10.7. The maximum absolute atomic E-state index is 10.7. The van der Waals surface area contributed by atoms with E-state index in [2.05, 4.69) is 27.7 Å². The summed E-state index contributed by atoms with van der Waals surface area (Å²) in [5.41, 5.74) is 0.426. The van der Waals surface area contributed by atoms with E-state index in [0.717, 1.165) is 3.57 Å². The Bertz CT molecular complexity index is 357. The van der Waals surface area contributed by atoms with Gasteiger partial charge in [-0.05, 0) is 29.0 Å². The molecule has 14 heavy (non-hydrogen) atoms. The number of hydrogen-bond acceptors (Lipinski definition) is 2. The summed E-state index contributed by atoms with van der Waals surface area (Å²) in [5, 5.41) is 12.8. The number of aliphatic carboxylic acids is 1. The van der Waals surface area contributed by atoms with E-state index in [1.54, 1.807) is 17.0 Å². The molecule has 4 nitrogen and oxygen atoms in total. The molecule has 0 fully saturated rings. The number of halogens is 1. The first-order valence-corrected chi connectivity index (χ1v) is 5.31. The SMILES string of the molecule is CCC(=CCn1cc(I)cn1)C(=O)O.